The van der Waals surface area contributed by atoms with Gasteiger partial charge in [0.15, 0.2) is 0 Å². The van der Waals surface area contributed by atoms with E-state index in [2.05, 4.69) is 10.6 Å². The lowest BCUT2D eigenvalue weighted by atomic mass is 9.88. The number of hydrogen-bond acceptors (Lipinski definition) is 3. The lowest BCUT2D eigenvalue weighted by Crippen LogP contribution is -2.32. The number of benzene rings is 2. The minimum Gasteiger partial charge on any atom is -0.473 e. The zero-order chi connectivity index (χ0) is 17.4. The molecule has 2 aliphatic rings. The topological polar surface area (TPSA) is 50.4 Å². The average Bonchev–Trinajstić information content (AvgIpc) is 2.62. The van der Waals surface area contributed by atoms with Crippen molar-refractivity contribution in [2.24, 2.45) is 0 Å². The van der Waals surface area contributed by atoms with Crippen LogP contribution in [0.1, 0.15) is 36.0 Å². The van der Waals surface area contributed by atoms with Gasteiger partial charge in [-0.1, -0.05) is 29.8 Å². The van der Waals surface area contributed by atoms with E-state index >= 15 is 0 Å². The summed E-state index contributed by atoms with van der Waals surface area (Å²) < 4.78 is 20.3. The molecule has 0 spiro atoms. The van der Waals surface area contributed by atoms with Crippen LogP contribution in [0, 0.1) is 5.82 Å². The van der Waals surface area contributed by atoms with E-state index in [0.717, 1.165) is 31.5 Å². The lowest BCUT2D eigenvalue weighted by Gasteiger charge is -2.31. The minimum absolute atomic E-state index is 0.188. The van der Waals surface area contributed by atoms with Crippen molar-refractivity contribution in [3.8, 4) is 5.75 Å². The highest BCUT2D eigenvalue weighted by Crippen LogP contribution is 2.43. The number of hydrogen-bond donors (Lipinski definition) is 2. The fourth-order valence-electron chi connectivity index (χ4n) is 3.53. The van der Waals surface area contributed by atoms with Gasteiger partial charge in [0.05, 0.1) is 5.69 Å². The summed E-state index contributed by atoms with van der Waals surface area (Å²) in [6, 6.07) is 10.0. The molecule has 1 saturated heterocycles. The van der Waals surface area contributed by atoms with Gasteiger partial charge in [0.25, 0.3) is 5.91 Å². The Balaban J connectivity index is 1.71. The quantitative estimate of drug-likeness (QED) is 0.850. The monoisotopic (exact) mass is 360 g/mol. The predicted octanol–water partition coefficient (Wildman–Crippen LogP) is 4.02. The smallest absolute Gasteiger partial charge is 0.270 e. The summed E-state index contributed by atoms with van der Waals surface area (Å²) in [7, 11) is 0. The number of carbonyl (C=O) groups is 1. The third-order valence-electron chi connectivity index (χ3n) is 4.80. The van der Waals surface area contributed by atoms with Crippen molar-refractivity contribution in [2.75, 3.05) is 18.4 Å². The largest absolute Gasteiger partial charge is 0.473 e. The molecule has 4 rings (SSSR count). The second kappa shape index (κ2) is 6.65. The maximum Gasteiger partial charge on any atom is 0.270 e. The Hall–Kier alpha value is -2.11. The molecule has 0 saturated carbocycles. The van der Waals surface area contributed by atoms with E-state index in [1.54, 1.807) is 6.07 Å². The molecule has 0 radical (unpaired) electrons. The van der Waals surface area contributed by atoms with Crippen molar-refractivity contribution < 1.29 is 13.9 Å². The standard InChI is InChI=1S/C19H18ClFN2O2/c20-12-4-5-14(15(21)10-12)18-19(24)23-16-3-1-2-13(17(16)25-18)11-6-8-22-9-7-11/h1-5,10-11,18,22H,6-9H2,(H,23,24). The maximum atomic E-state index is 14.3. The average molecular weight is 361 g/mol. The van der Waals surface area contributed by atoms with E-state index in [9.17, 15) is 9.18 Å². The highest BCUT2D eigenvalue weighted by atomic mass is 35.5. The van der Waals surface area contributed by atoms with Crippen LogP contribution in [0.25, 0.3) is 0 Å². The number of ether oxygens (including phenoxy) is 1. The molecule has 1 fully saturated rings. The van der Waals surface area contributed by atoms with E-state index in [0.29, 0.717) is 17.4 Å². The fraction of sp³-hybridized carbons (Fsp3) is 0.316. The van der Waals surface area contributed by atoms with Crippen LogP contribution in [0.3, 0.4) is 0 Å². The Morgan fingerprint density at radius 2 is 1.92 bits per heavy atom. The van der Waals surface area contributed by atoms with Gasteiger partial charge in [0.2, 0.25) is 6.10 Å². The van der Waals surface area contributed by atoms with Crippen LogP contribution in [-0.4, -0.2) is 19.0 Å². The number of halogens is 2. The summed E-state index contributed by atoms with van der Waals surface area (Å²) >= 11 is 5.81. The van der Waals surface area contributed by atoms with Crippen LogP contribution < -0.4 is 15.4 Å². The van der Waals surface area contributed by atoms with Crippen molar-refractivity contribution in [3.05, 3.63) is 58.4 Å². The van der Waals surface area contributed by atoms with Gasteiger partial charge in [-0.25, -0.2) is 4.39 Å². The van der Waals surface area contributed by atoms with Crippen LogP contribution >= 0.6 is 11.6 Å². The van der Waals surface area contributed by atoms with Gasteiger partial charge in [-0.15, -0.1) is 0 Å². The van der Waals surface area contributed by atoms with Gasteiger partial charge >= 0.3 is 0 Å². The lowest BCUT2D eigenvalue weighted by molar-refractivity contribution is -0.123. The molecular formula is C19H18ClFN2O2. The summed E-state index contributed by atoms with van der Waals surface area (Å²) in [4.78, 5) is 12.4. The molecule has 2 heterocycles. The first-order chi connectivity index (χ1) is 12.1. The maximum absolute atomic E-state index is 14.3. The number of amides is 1. The summed E-state index contributed by atoms with van der Waals surface area (Å²) in [6.07, 6.45) is 0.995. The summed E-state index contributed by atoms with van der Waals surface area (Å²) in [5.41, 5.74) is 1.90. The number of rotatable bonds is 2. The Bertz CT molecular complexity index is 821. The van der Waals surface area contributed by atoms with Crippen molar-refractivity contribution in [1.82, 2.24) is 5.32 Å². The molecule has 0 aliphatic carbocycles. The van der Waals surface area contributed by atoms with Gasteiger partial charge in [-0.3, -0.25) is 4.79 Å². The third kappa shape index (κ3) is 3.10. The van der Waals surface area contributed by atoms with Gasteiger partial charge in [0.1, 0.15) is 11.6 Å². The molecule has 25 heavy (non-hydrogen) atoms. The first kappa shape index (κ1) is 16.4. The number of fused-ring (bicyclic) bond motifs is 1. The fourth-order valence-corrected chi connectivity index (χ4v) is 3.69. The SMILES string of the molecule is O=C1Nc2cccc(C3CCNCC3)c2OC1c1ccc(Cl)cc1F. The first-order valence-corrected chi connectivity index (χ1v) is 8.77. The van der Waals surface area contributed by atoms with Crippen molar-refractivity contribution in [2.45, 2.75) is 24.9 Å². The van der Waals surface area contributed by atoms with Gasteiger partial charge < -0.3 is 15.4 Å². The van der Waals surface area contributed by atoms with Gasteiger partial charge in [0, 0.05) is 10.6 Å². The second-order valence-electron chi connectivity index (χ2n) is 6.40. The molecule has 0 bridgehead atoms. The molecule has 4 nitrogen and oxygen atoms in total. The van der Waals surface area contributed by atoms with Crippen LogP contribution in [0.15, 0.2) is 36.4 Å². The van der Waals surface area contributed by atoms with Crippen LogP contribution in [0.4, 0.5) is 10.1 Å². The molecule has 1 unspecified atom stereocenters. The van der Waals surface area contributed by atoms with E-state index < -0.39 is 11.9 Å². The summed E-state index contributed by atoms with van der Waals surface area (Å²) in [5, 5.41) is 6.48. The molecule has 2 aromatic rings. The predicted molar refractivity (Wildman–Crippen MR) is 94.7 cm³/mol. The van der Waals surface area contributed by atoms with Crippen molar-refractivity contribution >= 4 is 23.2 Å². The number of carbonyl (C=O) groups excluding carboxylic acids is 1. The van der Waals surface area contributed by atoms with E-state index in [1.165, 1.54) is 12.1 Å². The second-order valence-corrected chi connectivity index (χ2v) is 6.84. The van der Waals surface area contributed by atoms with E-state index in [1.807, 2.05) is 18.2 Å². The van der Waals surface area contributed by atoms with Crippen molar-refractivity contribution in [3.63, 3.8) is 0 Å². The Labute approximate surface area is 150 Å². The van der Waals surface area contributed by atoms with Crippen LogP contribution in [0.2, 0.25) is 5.02 Å². The van der Waals surface area contributed by atoms with E-state index in [-0.39, 0.29) is 16.5 Å². The van der Waals surface area contributed by atoms with Crippen molar-refractivity contribution in [1.29, 1.82) is 0 Å². The summed E-state index contributed by atoms with van der Waals surface area (Å²) in [6.45, 7) is 1.91. The highest BCUT2D eigenvalue weighted by Gasteiger charge is 2.34. The first-order valence-electron chi connectivity index (χ1n) is 8.39. The summed E-state index contributed by atoms with van der Waals surface area (Å²) in [5.74, 6) is 0.0851. The van der Waals surface area contributed by atoms with E-state index in [4.69, 9.17) is 16.3 Å². The molecule has 0 aromatic heterocycles. The zero-order valence-electron chi connectivity index (χ0n) is 13.5. The zero-order valence-corrected chi connectivity index (χ0v) is 14.3. The van der Waals surface area contributed by atoms with Gasteiger partial charge in [-0.2, -0.15) is 0 Å². The molecule has 2 N–H and O–H groups in total. The Kier molecular flexibility index (Phi) is 4.36. The molecule has 130 valence electrons. The molecule has 2 aliphatic heterocycles. The Morgan fingerprint density at radius 1 is 1.12 bits per heavy atom. The molecule has 1 atom stereocenters. The minimum atomic E-state index is -1.02. The number of piperidine rings is 1. The van der Waals surface area contributed by atoms with Gasteiger partial charge in [-0.05, 0) is 55.6 Å². The highest BCUT2D eigenvalue weighted by molar-refractivity contribution is 6.30. The number of nitrogens with one attached hydrogen (secondary N) is 2. The molecular weight excluding hydrogens is 343 g/mol. The normalized spacial score (nSPS) is 20.6. The molecule has 6 heteroatoms. The number of anilines is 1. The molecule has 1 amide bonds. The van der Waals surface area contributed by atoms with Crippen LogP contribution in [0.5, 0.6) is 5.75 Å². The third-order valence-corrected chi connectivity index (χ3v) is 5.04. The molecule has 2 aromatic carbocycles. The Morgan fingerprint density at radius 3 is 2.68 bits per heavy atom. The van der Waals surface area contributed by atoms with Crippen LogP contribution in [-0.2, 0) is 4.79 Å². The number of para-hydroxylation sites is 1.